The molecule has 0 radical (unpaired) electrons. The number of rotatable bonds is 6. The number of ether oxygens (including phenoxy) is 1. The van der Waals surface area contributed by atoms with Crippen molar-refractivity contribution in [1.29, 1.82) is 0 Å². The third-order valence-electron chi connectivity index (χ3n) is 3.79. The van der Waals surface area contributed by atoms with Crippen LogP contribution in [-0.2, 0) is 22.3 Å². The van der Waals surface area contributed by atoms with Crippen molar-refractivity contribution in [2.24, 2.45) is 0 Å². The van der Waals surface area contributed by atoms with Crippen molar-refractivity contribution in [1.82, 2.24) is 4.90 Å². The third-order valence-corrected chi connectivity index (χ3v) is 3.79. The second kappa shape index (κ2) is 8.57. The third kappa shape index (κ3) is 5.73. The second-order valence-corrected chi connectivity index (χ2v) is 5.86. The van der Waals surface area contributed by atoms with Crippen LogP contribution in [0.3, 0.4) is 0 Å². The van der Waals surface area contributed by atoms with E-state index in [2.05, 4.69) is 5.32 Å². The Morgan fingerprint density at radius 1 is 1.07 bits per heavy atom. The number of nitrogens with one attached hydrogen (secondary N) is 1. The number of amides is 2. The quantitative estimate of drug-likeness (QED) is 0.831. The van der Waals surface area contributed by atoms with E-state index in [9.17, 15) is 22.8 Å². The molecule has 0 aliphatic carbocycles. The molecule has 2 rings (SSSR count). The smallest absolute Gasteiger partial charge is 0.419 e. The lowest BCUT2D eigenvalue weighted by Crippen LogP contribution is -2.25. The van der Waals surface area contributed by atoms with Crippen LogP contribution >= 0.6 is 0 Å². The molecule has 2 aromatic rings. The summed E-state index contributed by atoms with van der Waals surface area (Å²) in [4.78, 5) is 25.0. The highest BCUT2D eigenvalue weighted by molar-refractivity contribution is 5.92. The highest BCUT2D eigenvalue weighted by Gasteiger charge is 2.34. The lowest BCUT2D eigenvalue weighted by atomic mass is 10.1. The molecule has 27 heavy (non-hydrogen) atoms. The first-order chi connectivity index (χ1) is 12.7. The van der Waals surface area contributed by atoms with Gasteiger partial charge in [-0.3, -0.25) is 9.59 Å². The van der Waals surface area contributed by atoms with Crippen LogP contribution < -0.4 is 10.1 Å². The van der Waals surface area contributed by atoms with E-state index in [0.29, 0.717) is 11.3 Å². The molecule has 1 N–H and O–H groups in total. The minimum absolute atomic E-state index is 0.136. The Balaban J connectivity index is 2.05. The second-order valence-electron chi connectivity index (χ2n) is 5.86. The number of benzene rings is 2. The summed E-state index contributed by atoms with van der Waals surface area (Å²) in [6, 6.07) is 11.5. The van der Waals surface area contributed by atoms with Crippen LogP contribution in [0.25, 0.3) is 0 Å². The van der Waals surface area contributed by atoms with E-state index in [0.717, 1.165) is 12.1 Å². The predicted octanol–water partition coefficient (Wildman–Crippen LogP) is 3.70. The van der Waals surface area contributed by atoms with Gasteiger partial charge in [0.05, 0.1) is 5.56 Å². The Bertz CT molecular complexity index is 822. The molecule has 8 heteroatoms. The van der Waals surface area contributed by atoms with Crippen LogP contribution in [0.5, 0.6) is 5.75 Å². The maximum absolute atomic E-state index is 12.9. The summed E-state index contributed by atoms with van der Waals surface area (Å²) in [7, 11) is 1.62. The zero-order chi connectivity index (χ0) is 20.0. The summed E-state index contributed by atoms with van der Waals surface area (Å²) in [5, 5.41) is 2.60. The van der Waals surface area contributed by atoms with Gasteiger partial charge >= 0.3 is 6.18 Å². The predicted molar refractivity (Wildman–Crippen MR) is 94.2 cm³/mol. The van der Waals surface area contributed by atoms with Gasteiger partial charge in [0.2, 0.25) is 5.91 Å². The van der Waals surface area contributed by atoms with Crippen LogP contribution in [-0.4, -0.2) is 30.4 Å². The highest BCUT2D eigenvalue weighted by atomic mass is 19.4. The number of anilines is 1. The fourth-order valence-electron chi connectivity index (χ4n) is 2.30. The highest BCUT2D eigenvalue weighted by Crippen LogP contribution is 2.35. The Morgan fingerprint density at radius 2 is 1.70 bits per heavy atom. The van der Waals surface area contributed by atoms with E-state index in [1.165, 1.54) is 24.0 Å². The van der Waals surface area contributed by atoms with Gasteiger partial charge in [-0.25, -0.2) is 0 Å². The number of hydrogen-bond donors (Lipinski definition) is 1. The van der Waals surface area contributed by atoms with Crippen molar-refractivity contribution in [2.75, 3.05) is 19.0 Å². The molecule has 0 atom stereocenters. The molecule has 0 fully saturated rings. The Hall–Kier alpha value is -3.03. The van der Waals surface area contributed by atoms with Crippen molar-refractivity contribution in [3.63, 3.8) is 0 Å². The first kappa shape index (κ1) is 20.3. The minimum Gasteiger partial charge on any atom is -0.483 e. The van der Waals surface area contributed by atoms with Gasteiger partial charge in [0.1, 0.15) is 5.75 Å². The van der Waals surface area contributed by atoms with E-state index < -0.39 is 30.0 Å². The maximum Gasteiger partial charge on any atom is 0.419 e. The van der Waals surface area contributed by atoms with Crippen LogP contribution in [0.1, 0.15) is 18.1 Å². The fourth-order valence-corrected chi connectivity index (χ4v) is 2.30. The number of alkyl halides is 3. The Kier molecular flexibility index (Phi) is 6.44. The summed E-state index contributed by atoms with van der Waals surface area (Å²) >= 11 is 0. The molecular formula is C19H19F3N2O3. The molecule has 0 aliphatic rings. The normalized spacial score (nSPS) is 11.0. The van der Waals surface area contributed by atoms with Gasteiger partial charge in [0.25, 0.3) is 5.91 Å². The Morgan fingerprint density at radius 3 is 2.37 bits per heavy atom. The average Bonchev–Trinajstić information content (AvgIpc) is 2.61. The van der Waals surface area contributed by atoms with Gasteiger partial charge in [-0.2, -0.15) is 13.2 Å². The molecule has 0 bridgehead atoms. The molecule has 2 aromatic carbocycles. The number of halogens is 3. The van der Waals surface area contributed by atoms with Crippen LogP contribution in [0.4, 0.5) is 18.9 Å². The topological polar surface area (TPSA) is 58.6 Å². The summed E-state index contributed by atoms with van der Waals surface area (Å²) in [5.74, 6) is -1.15. The molecule has 2 amide bonds. The maximum atomic E-state index is 12.9. The van der Waals surface area contributed by atoms with Crippen molar-refractivity contribution >= 4 is 17.5 Å². The van der Waals surface area contributed by atoms with Crippen molar-refractivity contribution < 1.29 is 27.5 Å². The molecule has 0 aliphatic heterocycles. The van der Waals surface area contributed by atoms with Gasteiger partial charge in [0, 0.05) is 26.2 Å². The molecule has 0 unspecified atom stereocenters. The van der Waals surface area contributed by atoms with E-state index in [-0.39, 0.29) is 12.5 Å². The number of carbonyl (C=O) groups is 2. The van der Waals surface area contributed by atoms with Gasteiger partial charge in [-0.15, -0.1) is 0 Å². The standard InChI is InChI=1S/C19H19F3N2O3/c1-13(25)24(2)11-14-7-3-5-9-16(14)23-18(26)12-27-17-10-6-4-8-15(17)19(20,21)22/h3-10H,11-12H2,1-2H3,(H,23,26). The van der Waals surface area contributed by atoms with Crippen LogP contribution in [0.2, 0.25) is 0 Å². The summed E-state index contributed by atoms with van der Waals surface area (Å²) in [6.07, 6.45) is -4.57. The number of para-hydroxylation sites is 2. The molecule has 0 saturated carbocycles. The molecule has 144 valence electrons. The first-order valence-corrected chi connectivity index (χ1v) is 8.07. The SMILES string of the molecule is CC(=O)N(C)Cc1ccccc1NC(=O)COc1ccccc1C(F)(F)F. The Labute approximate surface area is 154 Å². The van der Waals surface area contributed by atoms with Gasteiger partial charge < -0.3 is 15.0 Å². The van der Waals surface area contributed by atoms with Crippen molar-refractivity contribution in [3.05, 3.63) is 59.7 Å². The average molecular weight is 380 g/mol. The monoisotopic (exact) mass is 380 g/mol. The minimum atomic E-state index is -4.57. The van der Waals surface area contributed by atoms with Crippen molar-refractivity contribution in [2.45, 2.75) is 19.6 Å². The number of hydrogen-bond acceptors (Lipinski definition) is 3. The zero-order valence-electron chi connectivity index (χ0n) is 14.8. The molecule has 0 aromatic heterocycles. The number of nitrogens with zero attached hydrogens (tertiary/aromatic N) is 1. The largest absolute Gasteiger partial charge is 0.483 e. The molecule has 0 saturated heterocycles. The molecule has 0 spiro atoms. The lowest BCUT2D eigenvalue weighted by molar-refractivity contribution is -0.139. The van der Waals surface area contributed by atoms with Crippen LogP contribution in [0, 0.1) is 0 Å². The number of carbonyl (C=O) groups excluding carboxylic acids is 2. The first-order valence-electron chi connectivity index (χ1n) is 8.07. The van der Waals surface area contributed by atoms with E-state index >= 15 is 0 Å². The summed E-state index contributed by atoms with van der Waals surface area (Å²) in [6.45, 7) is 1.13. The van der Waals surface area contributed by atoms with Crippen LogP contribution in [0.15, 0.2) is 48.5 Å². The fraction of sp³-hybridized carbons (Fsp3) is 0.263. The molecule has 0 heterocycles. The van der Waals surface area contributed by atoms with E-state index in [1.54, 1.807) is 31.3 Å². The lowest BCUT2D eigenvalue weighted by Gasteiger charge is -2.18. The van der Waals surface area contributed by atoms with E-state index in [1.807, 2.05) is 0 Å². The summed E-state index contributed by atoms with van der Waals surface area (Å²) < 4.78 is 43.9. The molecule has 5 nitrogen and oxygen atoms in total. The van der Waals surface area contributed by atoms with Crippen molar-refractivity contribution in [3.8, 4) is 5.75 Å². The van der Waals surface area contributed by atoms with Gasteiger partial charge in [0.15, 0.2) is 6.61 Å². The summed E-state index contributed by atoms with van der Waals surface area (Å²) in [5.41, 5.74) is 0.212. The van der Waals surface area contributed by atoms with E-state index in [4.69, 9.17) is 4.74 Å². The van der Waals surface area contributed by atoms with Gasteiger partial charge in [-0.1, -0.05) is 30.3 Å². The zero-order valence-corrected chi connectivity index (χ0v) is 14.8. The molecular weight excluding hydrogens is 361 g/mol. The van der Waals surface area contributed by atoms with Gasteiger partial charge in [-0.05, 0) is 23.8 Å².